The third kappa shape index (κ3) is 3.93. The van der Waals surface area contributed by atoms with Gasteiger partial charge in [-0.1, -0.05) is 30.3 Å². The van der Waals surface area contributed by atoms with Gasteiger partial charge < -0.3 is 20.5 Å². The Labute approximate surface area is 121 Å². The molecule has 2 aromatic rings. The van der Waals surface area contributed by atoms with E-state index in [0.717, 1.165) is 10.8 Å². The zero-order valence-corrected chi connectivity index (χ0v) is 11.5. The summed E-state index contributed by atoms with van der Waals surface area (Å²) < 4.78 is 4.73. The Morgan fingerprint density at radius 3 is 2.57 bits per heavy atom. The first-order valence-corrected chi connectivity index (χ1v) is 6.39. The molecular formula is C15H16N2O4. The van der Waals surface area contributed by atoms with Crippen molar-refractivity contribution in [3.8, 4) is 0 Å². The molecule has 0 aliphatic carbocycles. The van der Waals surface area contributed by atoms with Crippen molar-refractivity contribution in [2.75, 3.05) is 19.0 Å². The van der Waals surface area contributed by atoms with E-state index in [1.165, 1.54) is 7.11 Å². The fourth-order valence-electron chi connectivity index (χ4n) is 1.90. The number of carbonyl (C=O) groups excluding carboxylic acids is 1. The molecule has 0 aliphatic heterocycles. The number of aliphatic carboxylic acids is 1. The van der Waals surface area contributed by atoms with Crippen LogP contribution in [0, 0.1) is 0 Å². The van der Waals surface area contributed by atoms with Gasteiger partial charge in [0.2, 0.25) is 0 Å². The molecule has 1 atom stereocenters. The van der Waals surface area contributed by atoms with Crippen LogP contribution in [-0.4, -0.2) is 36.9 Å². The van der Waals surface area contributed by atoms with Gasteiger partial charge in [0, 0.05) is 12.8 Å². The molecule has 0 aromatic heterocycles. The molecule has 21 heavy (non-hydrogen) atoms. The van der Waals surface area contributed by atoms with Crippen molar-refractivity contribution in [2.45, 2.75) is 6.10 Å². The van der Waals surface area contributed by atoms with Crippen LogP contribution in [0.25, 0.3) is 10.8 Å². The Balaban J connectivity index is 1.96. The lowest BCUT2D eigenvalue weighted by molar-refractivity contribution is -0.147. The molecule has 0 saturated heterocycles. The van der Waals surface area contributed by atoms with E-state index in [2.05, 4.69) is 10.6 Å². The van der Waals surface area contributed by atoms with Crippen molar-refractivity contribution in [3.05, 3.63) is 42.5 Å². The van der Waals surface area contributed by atoms with Crippen LogP contribution in [0.1, 0.15) is 0 Å². The first-order valence-electron chi connectivity index (χ1n) is 6.39. The largest absolute Gasteiger partial charge is 0.479 e. The molecule has 0 bridgehead atoms. The van der Waals surface area contributed by atoms with Gasteiger partial charge in [-0.3, -0.25) is 0 Å². The van der Waals surface area contributed by atoms with Crippen LogP contribution >= 0.6 is 0 Å². The van der Waals surface area contributed by atoms with Gasteiger partial charge in [0.25, 0.3) is 0 Å². The quantitative estimate of drug-likeness (QED) is 0.786. The van der Waals surface area contributed by atoms with Crippen LogP contribution in [0.15, 0.2) is 42.5 Å². The topological polar surface area (TPSA) is 87.7 Å². The summed E-state index contributed by atoms with van der Waals surface area (Å²) in [5.41, 5.74) is 0.635. The summed E-state index contributed by atoms with van der Waals surface area (Å²) in [5.74, 6) is -1.12. The van der Waals surface area contributed by atoms with E-state index in [1.807, 2.05) is 36.4 Å². The minimum absolute atomic E-state index is 0.106. The minimum atomic E-state index is -1.12. The minimum Gasteiger partial charge on any atom is -0.479 e. The molecule has 0 radical (unpaired) electrons. The fourth-order valence-corrected chi connectivity index (χ4v) is 1.90. The molecule has 0 heterocycles. The lowest BCUT2D eigenvalue weighted by Crippen LogP contribution is -2.39. The van der Waals surface area contributed by atoms with Crippen molar-refractivity contribution in [3.63, 3.8) is 0 Å². The number of rotatable bonds is 5. The van der Waals surface area contributed by atoms with E-state index in [1.54, 1.807) is 6.07 Å². The highest BCUT2D eigenvalue weighted by Gasteiger charge is 2.17. The number of carbonyl (C=O) groups is 2. The lowest BCUT2D eigenvalue weighted by Gasteiger charge is -2.12. The second kappa shape index (κ2) is 6.71. The number of carboxylic acids is 1. The van der Waals surface area contributed by atoms with Crippen molar-refractivity contribution >= 4 is 28.5 Å². The fraction of sp³-hybridized carbons (Fsp3) is 0.200. The Morgan fingerprint density at radius 1 is 1.19 bits per heavy atom. The molecule has 0 fully saturated rings. The number of nitrogens with one attached hydrogen (secondary N) is 2. The molecule has 110 valence electrons. The molecule has 1 unspecified atom stereocenters. The maximum Gasteiger partial charge on any atom is 0.334 e. The highest BCUT2D eigenvalue weighted by atomic mass is 16.5. The SMILES string of the molecule is COC(CNC(=O)Nc1ccc2ccccc2c1)C(=O)O. The van der Waals surface area contributed by atoms with Crippen molar-refractivity contribution in [2.24, 2.45) is 0 Å². The molecular weight excluding hydrogens is 272 g/mol. The molecule has 0 saturated carbocycles. The van der Waals surface area contributed by atoms with Gasteiger partial charge in [-0.25, -0.2) is 9.59 Å². The second-order valence-corrected chi connectivity index (χ2v) is 4.46. The maximum atomic E-state index is 11.7. The van der Waals surface area contributed by atoms with E-state index in [4.69, 9.17) is 9.84 Å². The van der Waals surface area contributed by atoms with Crippen LogP contribution in [-0.2, 0) is 9.53 Å². The predicted molar refractivity (Wildman–Crippen MR) is 79.4 cm³/mol. The lowest BCUT2D eigenvalue weighted by atomic mass is 10.1. The zero-order valence-electron chi connectivity index (χ0n) is 11.5. The number of ether oxygens (including phenoxy) is 1. The normalized spacial score (nSPS) is 11.9. The predicted octanol–water partition coefficient (Wildman–Crippen LogP) is 2.06. The van der Waals surface area contributed by atoms with E-state index in [-0.39, 0.29) is 6.54 Å². The third-order valence-electron chi connectivity index (χ3n) is 3.02. The summed E-state index contributed by atoms with van der Waals surface area (Å²) in [6.45, 7) is -0.106. The van der Waals surface area contributed by atoms with E-state index in [9.17, 15) is 9.59 Å². The number of benzene rings is 2. The van der Waals surface area contributed by atoms with E-state index in [0.29, 0.717) is 5.69 Å². The van der Waals surface area contributed by atoms with Gasteiger partial charge in [0.15, 0.2) is 6.10 Å². The standard InChI is InChI=1S/C15H16N2O4/c1-21-13(14(18)19)9-16-15(20)17-12-7-6-10-4-2-3-5-11(10)8-12/h2-8,13H,9H2,1H3,(H,18,19)(H2,16,17,20). The number of hydrogen-bond donors (Lipinski definition) is 3. The van der Waals surface area contributed by atoms with Gasteiger partial charge in [0.1, 0.15) is 0 Å². The van der Waals surface area contributed by atoms with Gasteiger partial charge >= 0.3 is 12.0 Å². The molecule has 2 aromatic carbocycles. The molecule has 2 amide bonds. The Kier molecular flexibility index (Phi) is 4.73. The van der Waals surface area contributed by atoms with E-state index < -0.39 is 18.1 Å². The Bertz CT molecular complexity index is 657. The average Bonchev–Trinajstić information content (AvgIpc) is 2.47. The molecule has 3 N–H and O–H groups in total. The average molecular weight is 288 g/mol. The molecule has 6 nitrogen and oxygen atoms in total. The Hall–Kier alpha value is -2.60. The highest BCUT2D eigenvalue weighted by molar-refractivity contribution is 5.93. The van der Waals surface area contributed by atoms with Gasteiger partial charge in [-0.15, -0.1) is 0 Å². The number of hydrogen-bond acceptors (Lipinski definition) is 3. The molecule has 6 heteroatoms. The summed E-state index contributed by atoms with van der Waals surface area (Å²) in [6, 6.07) is 12.8. The third-order valence-corrected chi connectivity index (χ3v) is 3.02. The van der Waals surface area contributed by atoms with Crippen LogP contribution in [0.4, 0.5) is 10.5 Å². The number of urea groups is 1. The summed E-state index contributed by atoms with van der Waals surface area (Å²) in [4.78, 5) is 22.5. The number of fused-ring (bicyclic) bond motifs is 1. The summed E-state index contributed by atoms with van der Waals surface area (Å²) in [6.07, 6.45) is -1.06. The maximum absolute atomic E-state index is 11.7. The summed E-state index contributed by atoms with van der Waals surface area (Å²) in [7, 11) is 1.28. The smallest absolute Gasteiger partial charge is 0.334 e. The molecule has 0 spiro atoms. The molecule has 0 aliphatic rings. The second-order valence-electron chi connectivity index (χ2n) is 4.46. The van der Waals surface area contributed by atoms with Gasteiger partial charge in [-0.2, -0.15) is 0 Å². The highest BCUT2D eigenvalue weighted by Crippen LogP contribution is 2.18. The van der Waals surface area contributed by atoms with Crippen LogP contribution in [0.2, 0.25) is 0 Å². The summed E-state index contributed by atoms with van der Waals surface area (Å²) >= 11 is 0. The number of amides is 2. The first kappa shape index (κ1) is 14.8. The molecule has 2 rings (SSSR count). The first-order chi connectivity index (χ1) is 10.1. The monoisotopic (exact) mass is 288 g/mol. The Morgan fingerprint density at radius 2 is 1.90 bits per heavy atom. The van der Waals surface area contributed by atoms with Gasteiger partial charge in [-0.05, 0) is 22.9 Å². The van der Waals surface area contributed by atoms with Crippen molar-refractivity contribution in [1.29, 1.82) is 0 Å². The van der Waals surface area contributed by atoms with E-state index >= 15 is 0 Å². The van der Waals surface area contributed by atoms with Crippen LogP contribution in [0.5, 0.6) is 0 Å². The summed E-state index contributed by atoms with van der Waals surface area (Å²) in [5, 5.41) is 16.0. The van der Waals surface area contributed by atoms with Crippen LogP contribution in [0.3, 0.4) is 0 Å². The van der Waals surface area contributed by atoms with Crippen LogP contribution < -0.4 is 10.6 Å². The number of methoxy groups -OCH3 is 1. The number of anilines is 1. The van der Waals surface area contributed by atoms with Gasteiger partial charge in [0.05, 0.1) is 6.54 Å². The zero-order chi connectivity index (χ0) is 15.2. The van der Waals surface area contributed by atoms with Crippen molar-refractivity contribution < 1.29 is 19.4 Å². The number of carboxylic acid groups (broad SMARTS) is 1. The van der Waals surface area contributed by atoms with Crippen molar-refractivity contribution in [1.82, 2.24) is 5.32 Å².